The van der Waals surface area contributed by atoms with Crippen molar-refractivity contribution in [2.24, 2.45) is 0 Å². The number of carbonyl (C=O) groups is 1. The summed E-state index contributed by atoms with van der Waals surface area (Å²) in [6.07, 6.45) is 0. The van der Waals surface area contributed by atoms with Crippen molar-refractivity contribution in [1.29, 1.82) is 0 Å². The second kappa shape index (κ2) is 5.93. The molecule has 0 aliphatic heterocycles. The van der Waals surface area contributed by atoms with E-state index in [1.165, 1.54) is 0 Å². The van der Waals surface area contributed by atoms with Gasteiger partial charge in [0.25, 0.3) is 5.91 Å². The predicted molar refractivity (Wildman–Crippen MR) is 71.7 cm³/mol. The third-order valence-electron chi connectivity index (χ3n) is 2.57. The highest BCUT2D eigenvalue weighted by atomic mass is 79.9. The summed E-state index contributed by atoms with van der Waals surface area (Å²) in [5, 5.41) is 2.55. The number of benzene rings is 2. The van der Waals surface area contributed by atoms with Crippen LogP contribution in [0.15, 0.2) is 46.9 Å². The quantitative estimate of drug-likeness (QED) is 0.916. The molecule has 2 nitrogen and oxygen atoms in total. The van der Waals surface area contributed by atoms with Gasteiger partial charge in [-0.15, -0.1) is 0 Å². The highest BCUT2D eigenvalue weighted by Gasteiger charge is 2.10. The fraction of sp³-hybridized carbons (Fsp3) is 0.0714. The van der Waals surface area contributed by atoms with Crippen LogP contribution in [0.25, 0.3) is 0 Å². The van der Waals surface area contributed by atoms with Crippen molar-refractivity contribution >= 4 is 21.8 Å². The summed E-state index contributed by atoms with van der Waals surface area (Å²) in [6, 6.07) is 10.0. The van der Waals surface area contributed by atoms with E-state index in [4.69, 9.17) is 0 Å². The van der Waals surface area contributed by atoms with Crippen LogP contribution in [0.2, 0.25) is 0 Å². The van der Waals surface area contributed by atoms with E-state index in [1.807, 2.05) is 0 Å². The number of nitrogens with one attached hydrogen (secondary N) is 1. The highest BCUT2D eigenvalue weighted by Crippen LogP contribution is 2.16. The largest absolute Gasteiger partial charge is 0.348 e. The summed E-state index contributed by atoms with van der Waals surface area (Å²) in [5.74, 6) is -1.43. The molecule has 19 heavy (non-hydrogen) atoms. The van der Waals surface area contributed by atoms with Gasteiger partial charge in [0.2, 0.25) is 0 Å². The molecular weight excluding hydrogens is 316 g/mol. The molecule has 1 N–H and O–H groups in total. The number of amides is 1. The van der Waals surface area contributed by atoms with Crippen LogP contribution in [0.5, 0.6) is 0 Å². The van der Waals surface area contributed by atoms with Gasteiger partial charge in [-0.25, -0.2) is 8.78 Å². The van der Waals surface area contributed by atoms with Gasteiger partial charge in [0.05, 0.1) is 5.56 Å². The van der Waals surface area contributed by atoms with Crippen molar-refractivity contribution in [2.75, 3.05) is 0 Å². The molecule has 98 valence electrons. The normalized spacial score (nSPS) is 10.3. The number of halogens is 3. The lowest BCUT2D eigenvalue weighted by atomic mass is 10.2. The third kappa shape index (κ3) is 3.38. The van der Waals surface area contributed by atoms with E-state index in [-0.39, 0.29) is 18.0 Å². The average molecular weight is 326 g/mol. The van der Waals surface area contributed by atoms with Crippen LogP contribution in [0.4, 0.5) is 8.78 Å². The fourth-order valence-electron chi connectivity index (χ4n) is 1.59. The lowest BCUT2D eigenvalue weighted by molar-refractivity contribution is 0.0950. The molecule has 2 aromatic carbocycles. The first kappa shape index (κ1) is 13.7. The molecule has 0 atom stereocenters. The molecule has 0 spiro atoms. The van der Waals surface area contributed by atoms with Gasteiger partial charge < -0.3 is 5.32 Å². The van der Waals surface area contributed by atoms with Gasteiger partial charge >= 0.3 is 0 Å². The van der Waals surface area contributed by atoms with Crippen LogP contribution in [-0.2, 0) is 6.54 Å². The van der Waals surface area contributed by atoms with Crippen LogP contribution in [-0.4, -0.2) is 5.91 Å². The van der Waals surface area contributed by atoms with E-state index in [2.05, 4.69) is 21.2 Å². The smallest absolute Gasteiger partial charge is 0.252 e. The van der Waals surface area contributed by atoms with E-state index in [0.29, 0.717) is 10.0 Å². The maximum absolute atomic E-state index is 13.4. The average Bonchev–Trinajstić information content (AvgIpc) is 2.40. The van der Waals surface area contributed by atoms with Crippen LogP contribution < -0.4 is 5.32 Å². The molecular formula is C14H10BrF2NO. The first-order valence-electron chi connectivity index (χ1n) is 5.54. The second-order valence-corrected chi connectivity index (χ2v) is 4.75. The molecule has 0 fully saturated rings. The Balaban J connectivity index is 2.09. The monoisotopic (exact) mass is 325 g/mol. The number of rotatable bonds is 3. The molecule has 1 amide bonds. The molecule has 0 aliphatic rings. The molecule has 0 heterocycles. The maximum atomic E-state index is 13.4. The van der Waals surface area contributed by atoms with E-state index < -0.39 is 11.6 Å². The third-order valence-corrected chi connectivity index (χ3v) is 3.26. The standard InChI is InChI=1S/C14H10BrF2NO/c15-12-4-2-1-3-11(12)14(19)18-8-9-7-10(16)5-6-13(9)17/h1-7H,8H2,(H,18,19). The lowest BCUT2D eigenvalue weighted by Crippen LogP contribution is -2.23. The molecule has 0 aromatic heterocycles. The van der Waals surface area contributed by atoms with E-state index in [0.717, 1.165) is 18.2 Å². The molecule has 0 aliphatic carbocycles. The highest BCUT2D eigenvalue weighted by molar-refractivity contribution is 9.10. The zero-order chi connectivity index (χ0) is 13.8. The minimum Gasteiger partial charge on any atom is -0.348 e. The van der Waals surface area contributed by atoms with Crippen LogP contribution in [0.1, 0.15) is 15.9 Å². The molecule has 5 heteroatoms. The van der Waals surface area contributed by atoms with E-state index in [9.17, 15) is 13.6 Å². The maximum Gasteiger partial charge on any atom is 0.252 e. The van der Waals surface area contributed by atoms with Gasteiger partial charge in [0, 0.05) is 16.6 Å². The van der Waals surface area contributed by atoms with Crippen LogP contribution >= 0.6 is 15.9 Å². The van der Waals surface area contributed by atoms with Crippen molar-refractivity contribution in [1.82, 2.24) is 5.32 Å². The van der Waals surface area contributed by atoms with Gasteiger partial charge in [-0.05, 0) is 46.3 Å². The zero-order valence-corrected chi connectivity index (χ0v) is 11.4. The first-order chi connectivity index (χ1) is 9.08. The minimum absolute atomic E-state index is 0.0657. The van der Waals surface area contributed by atoms with Gasteiger partial charge in [0.15, 0.2) is 0 Å². The molecule has 2 rings (SSSR count). The van der Waals surface area contributed by atoms with Crippen molar-refractivity contribution in [3.05, 3.63) is 69.7 Å². The molecule has 0 unspecified atom stereocenters. The van der Waals surface area contributed by atoms with Crippen molar-refractivity contribution < 1.29 is 13.6 Å². The van der Waals surface area contributed by atoms with E-state index >= 15 is 0 Å². The topological polar surface area (TPSA) is 29.1 Å². The molecule has 0 saturated carbocycles. The summed E-state index contributed by atoms with van der Waals surface area (Å²) >= 11 is 3.25. The van der Waals surface area contributed by atoms with Gasteiger partial charge in [0.1, 0.15) is 11.6 Å². The Kier molecular flexibility index (Phi) is 4.27. The van der Waals surface area contributed by atoms with Crippen molar-refractivity contribution in [3.8, 4) is 0 Å². The molecule has 0 radical (unpaired) electrons. The fourth-order valence-corrected chi connectivity index (χ4v) is 2.06. The first-order valence-corrected chi connectivity index (χ1v) is 6.34. The van der Waals surface area contributed by atoms with Gasteiger partial charge in [-0.1, -0.05) is 12.1 Å². The van der Waals surface area contributed by atoms with Gasteiger partial charge in [-0.2, -0.15) is 0 Å². The molecule has 0 saturated heterocycles. The summed E-state index contributed by atoms with van der Waals surface area (Å²) in [4.78, 5) is 11.9. The Bertz CT molecular complexity index is 616. The second-order valence-electron chi connectivity index (χ2n) is 3.90. The Morgan fingerprint density at radius 2 is 1.89 bits per heavy atom. The van der Waals surface area contributed by atoms with Crippen molar-refractivity contribution in [3.63, 3.8) is 0 Å². The molecule has 2 aromatic rings. The Morgan fingerprint density at radius 3 is 2.63 bits per heavy atom. The summed E-state index contributed by atoms with van der Waals surface area (Å²) in [6.45, 7) is -0.0657. The number of hydrogen-bond donors (Lipinski definition) is 1. The minimum atomic E-state index is -0.547. The summed E-state index contributed by atoms with van der Waals surface area (Å²) in [7, 11) is 0. The predicted octanol–water partition coefficient (Wildman–Crippen LogP) is 3.66. The Hall–Kier alpha value is -1.75. The lowest BCUT2D eigenvalue weighted by Gasteiger charge is -2.07. The Morgan fingerprint density at radius 1 is 1.16 bits per heavy atom. The van der Waals surface area contributed by atoms with Crippen LogP contribution in [0, 0.1) is 11.6 Å². The van der Waals surface area contributed by atoms with Gasteiger partial charge in [-0.3, -0.25) is 4.79 Å². The number of hydrogen-bond acceptors (Lipinski definition) is 1. The van der Waals surface area contributed by atoms with Crippen molar-refractivity contribution in [2.45, 2.75) is 6.54 Å². The summed E-state index contributed by atoms with van der Waals surface area (Å²) in [5.41, 5.74) is 0.555. The zero-order valence-electron chi connectivity index (χ0n) is 9.79. The summed E-state index contributed by atoms with van der Waals surface area (Å²) < 4.78 is 27.0. The van der Waals surface area contributed by atoms with Crippen LogP contribution in [0.3, 0.4) is 0 Å². The Labute approximate surface area is 117 Å². The SMILES string of the molecule is O=C(NCc1cc(F)ccc1F)c1ccccc1Br. The van der Waals surface area contributed by atoms with E-state index in [1.54, 1.807) is 24.3 Å². The number of carbonyl (C=O) groups excluding carboxylic acids is 1. The molecule has 0 bridgehead atoms.